The van der Waals surface area contributed by atoms with Crippen LogP contribution in [0.1, 0.15) is 18.9 Å². The maximum Gasteiger partial charge on any atom is 0.240 e. The van der Waals surface area contributed by atoms with Gasteiger partial charge in [-0.1, -0.05) is 41.1 Å². The number of rotatable bonds is 2. The number of anilines is 1. The number of hydrogen-bond acceptors (Lipinski definition) is 1. The SMILES string of the molecule is CCC(Br)C(=O)N1CCc2ccccc21. The summed E-state index contributed by atoms with van der Waals surface area (Å²) in [4.78, 5) is 13.9. The molecule has 1 unspecified atom stereocenters. The van der Waals surface area contributed by atoms with Gasteiger partial charge in [0.05, 0.1) is 4.83 Å². The van der Waals surface area contributed by atoms with Crippen LogP contribution in [0, 0.1) is 0 Å². The predicted octanol–water partition coefficient (Wildman–Crippen LogP) is 2.75. The number of amides is 1. The Bertz CT molecular complexity index is 378. The highest BCUT2D eigenvalue weighted by atomic mass is 79.9. The van der Waals surface area contributed by atoms with E-state index < -0.39 is 0 Å². The van der Waals surface area contributed by atoms with Crippen molar-refractivity contribution < 1.29 is 4.79 Å². The molecule has 1 heterocycles. The average molecular weight is 268 g/mol. The predicted molar refractivity (Wildman–Crippen MR) is 65.5 cm³/mol. The largest absolute Gasteiger partial charge is 0.311 e. The van der Waals surface area contributed by atoms with Crippen LogP contribution in [0.3, 0.4) is 0 Å². The van der Waals surface area contributed by atoms with Crippen molar-refractivity contribution >= 4 is 27.5 Å². The van der Waals surface area contributed by atoms with Crippen molar-refractivity contribution in [3.8, 4) is 0 Å². The Morgan fingerprint density at radius 1 is 1.53 bits per heavy atom. The molecule has 1 amide bonds. The van der Waals surface area contributed by atoms with Crippen molar-refractivity contribution in [3.05, 3.63) is 29.8 Å². The fourth-order valence-electron chi connectivity index (χ4n) is 1.91. The molecule has 1 aromatic rings. The van der Waals surface area contributed by atoms with Crippen LogP contribution in [0.2, 0.25) is 0 Å². The molecule has 0 aliphatic carbocycles. The van der Waals surface area contributed by atoms with Gasteiger partial charge in [0.25, 0.3) is 0 Å². The molecule has 15 heavy (non-hydrogen) atoms. The second-order valence-corrected chi connectivity index (χ2v) is 4.85. The molecule has 0 saturated carbocycles. The van der Waals surface area contributed by atoms with Crippen LogP contribution in [0.5, 0.6) is 0 Å². The second kappa shape index (κ2) is 4.35. The number of halogens is 1. The number of nitrogens with zero attached hydrogens (tertiary/aromatic N) is 1. The van der Waals surface area contributed by atoms with Crippen LogP contribution in [-0.4, -0.2) is 17.3 Å². The third-order valence-electron chi connectivity index (χ3n) is 2.78. The fraction of sp³-hybridized carbons (Fsp3) is 0.417. The zero-order valence-corrected chi connectivity index (χ0v) is 10.3. The molecule has 80 valence electrons. The first kappa shape index (κ1) is 10.7. The summed E-state index contributed by atoms with van der Waals surface area (Å²) in [5.41, 5.74) is 2.36. The Balaban J connectivity index is 2.24. The molecule has 1 aliphatic heterocycles. The van der Waals surface area contributed by atoms with Gasteiger partial charge in [0.2, 0.25) is 5.91 Å². The first-order valence-corrected chi connectivity index (χ1v) is 6.19. The van der Waals surface area contributed by atoms with Gasteiger partial charge in [-0.05, 0) is 24.5 Å². The van der Waals surface area contributed by atoms with E-state index in [1.54, 1.807) is 0 Å². The van der Waals surface area contributed by atoms with Crippen molar-refractivity contribution in [1.82, 2.24) is 0 Å². The fourth-order valence-corrected chi connectivity index (χ4v) is 2.16. The molecular weight excluding hydrogens is 254 g/mol. The molecular formula is C12H14BrNO. The van der Waals surface area contributed by atoms with Gasteiger partial charge < -0.3 is 4.90 Å². The standard InChI is InChI=1S/C12H14BrNO/c1-2-10(13)12(15)14-8-7-9-5-3-4-6-11(9)14/h3-6,10H,2,7-8H2,1H3. The third-order valence-corrected chi connectivity index (χ3v) is 3.82. The Labute approximate surface area is 98.4 Å². The third kappa shape index (κ3) is 1.93. The minimum absolute atomic E-state index is 0.0522. The molecule has 0 radical (unpaired) electrons. The lowest BCUT2D eigenvalue weighted by atomic mass is 10.2. The topological polar surface area (TPSA) is 20.3 Å². The van der Waals surface area contributed by atoms with Crippen molar-refractivity contribution in [2.75, 3.05) is 11.4 Å². The van der Waals surface area contributed by atoms with Crippen LogP contribution in [0.25, 0.3) is 0 Å². The highest BCUT2D eigenvalue weighted by molar-refractivity contribution is 9.10. The summed E-state index contributed by atoms with van der Waals surface area (Å²) >= 11 is 3.41. The first-order valence-electron chi connectivity index (χ1n) is 5.27. The van der Waals surface area contributed by atoms with Gasteiger partial charge in [-0.25, -0.2) is 0 Å². The van der Waals surface area contributed by atoms with Crippen LogP contribution in [-0.2, 0) is 11.2 Å². The number of benzene rings is 1. The van der Waals surface area contributed by atoms with Gasteiger partial charge >= 0.3 is 0 Å². The number of carbonyl (C=O) groups excluding carboxylic acids is 1. The summed E-state index contributed by atoms with van der Waals surface area (Å²) in [5.74, 6) is 0.183. The smallest absolute Gasteiger partial charge is 0.240 e. The van der Waals surface area contributed by atoms with Gasteiger partial charge in [0.1, 0.15) is 0 Å². The Kier molecular flexibility index (Phi) is 3.10. The molecule has 1 atom stereocenters. The molecule has 0 aromatic heterocycles. The quantitative estimate of drug-likeness (QED) is 0.755. The van der Waals surface area contributed by atoms with Crippen LogP contribution < -0.4 is 4.90 Å². The van der Waals surface area contributed by atoms with Gasteiger partial charge in [-0.2, -0.15) is 0 Å². The lowest BCUT2D eigenvalue weighted by Gasteiger charge is -2.19. The summed E-state index contributed by atoms with van der Waals surface area (Å²) in [6.07, 6.45) is 1.81. The lowest BCUT2D eigenvalue weighted by molar-refractivity contribution is -0.117. The second-order valence-electron chi connectivity index (χ2n) is 3.74. The summed E-state index contributed by atoms with van der Waals surface area (Å²) in [5, 5.41) is 0. The molecule has 3 heteroatoms. The molecule has 1 aliphatic rings. The van der Waals surface area contributed by atoms with E-state index >= 15 is 0 Å². The molecule has 0 spiro atoms. The van der Waals surface area contributed by atoms with E-state index in [1.165, 1.54) is 5.56 Å². The summed E-state index contributed by atoms with van der Waals surface area (Å²) in [6.45, 7) is 2.83. The minimum Gasteiger partial charge on any atom is -0.311 e. The summed E-state index contributed by atoms with van der Waals surface area (Å²) < 4.78 is 0. The normalized spacial score (nSPS) is 16.3. The number of fused-ring (bicyclic) bond motifs is 1. The summed E-state index contributed by atoms with van der Waals surface area (Å²) in [6, 6.07) is 8.13. The van der Waals surface area contributed by atoms with Crippen molar-refractivity contribution in [3.63, 3.8) is 0 Å². The van der Waals surface area contributed by atoms with E-state index in [1.807, 2.05) is 30.0 Å². The van der Waals surface area contributed by atoms with Crippen molar-refractivity contribution in [1.29, 1.82) is 0 Å². The molecule has 0 fully saturated rings. The highest BCUT2D eigenvalue weighted by Crippen LogP contribution is 2.29. The minimum atomic E-state index is -0.0522. The molecule has 2 nitrogen and oxygen atoms in total. The Morgan fingerprint density at radius 3 is 3.00 bits per heavy atom. The van der Waals surface area contributed by atoms with Crippen LogP contribution in [0.4, 0.5) is 5.69 Å². The Morgan fingerprint density at radius 2 is 2.27 bits per heavy atom. The molecule has 0 N–H and O–H groups in total. The maximum absolute atomic E-state index is 12.0. The van der Waals surface area contributed by atoms with Gasteiger partial charge in [-0.3, -0.25) is 4.79 Å². The molecule has 1 aromatic carbocycles. The average Bonchev–Trinajstić information content (AvgIpc) is 2.70. The van der Waals surface area contributed by atoms with E-state index in [4.69, 9.17) is 0 Å². The van der Waals surface area contributed by atoms with Gasteiger partial charge in [-0.15, -0.1) is 0 Å². The molecule has 2 rings (SSSR count). The van der Waals surface area contributed by atoms with Crippen molar-refractivity contribution in [2.45, 2.75) is 24.6 Å². The number of carbonyl (C=O) groups is 1. The number of para-hydroxylation sites is 1. The van der Waals surface area contributed by atoms with E-state index in [0.29, 0.717) is 0 Å². The Hall–Kier alpha value is -0.830. The number of hydrogen-bond donors (Lipinski definition) is 0. The van der Waals surface area contributed by atoms with Crippen molar-refractivity contribution in [2.24, 2.45) is 0 Å². The van der Waals surface area contributed by atoms with Gasteiger partial charge in [0, 0.05) is 12.2 Å². The monoisotopic (exact) mass is 267 g/mol. The summed E-state index contributed by atoms with van der Waals surface area (Å²) in [7, 11) is 0. The van der Waals surface area contributed by atoms with Gasteiger partial charge in [0.15, 0.2) is 0 Å². The maximum atomic E-state index is 12.0. The van der Waals surface area contributed by atoms with Crippen LogP contribution >= 0.6 is 15.9 Å². The van der Waals surface area contributed by atoms with E-state index in [0.717, 1.165) is 25.1 Å². The molecule has 0 saturated heterocycles. The zero-order chi connectivity index (χ0) is 10.8. The zero-order valence-electron chi connectivity index (χ0n) is 8.74. The first-order chi connectivity index (χ1) is 7.24. The van der Waals surface area contributed by atoms with E-state index in [9.17, 15) is 4.79 Å². The number of alkyl halides is 1. The van der Waals surface area contributed by atoms with E-state index in [-0.39, 0.29) is 10.7 Å². The highest BCUT2D eigenvalue weighted by Gasteiger charge is 2.27. The lowest BCUT2D eigenvalue weighted by Crippen LogP contribution is -2.34. The molecule has 0 bridgehead atoms. The van der Waals surface area contributed by atoms with E-state index in [2.05, 4.69) is 22.0 Å². The van der Waals surface area contributed by atoms with Crippen LogP contribution in [0.15, 0.2) is 24.3 Å².